The summed E-state index contributed by atoms with van der Waals surface area (Å²) in [5.41, 5.74) is 0.985. The molecule has 2 aromatic rings. The Kier molecular flexibility index (Phi) is 2.61. The van der Waals surface area contributed by atoms with Gasteiger partial charge in [0, 0.05) is 6.20 Å². The van der Waals surface area contributed by atoms with E-state index in [2.05, 4.69) is 5.10 Å². The second-order valence-electron chi connectivity index (χ2n) is 3.67. The highest BCUT2D eigenvalue weighted by atomic mass is 35.5. The lowest BCUT2D eigenvalue weighted by Crippen LogP contribution is -1.99. The van der Waals surface area contributed by atoms with E-state index in [0.717, 1.165) is 5.56 Å². The van der Waals surface area contributed by atoms with Gasteiger partial charge in [-0.1, -0.05) is 23.2 Å². The Labute approximate surface area is 108 Å². The maximum atomic E-state index is 6.09. The zero-order chi connectivity index (χ0) is 11.8. The van der Waals surface area contributed by atoms with Crippen LogP contribution in [0.3, 0.4) is 0 Å². The first-order chi connectivity index (χ1) is 8.22. The lowest BCUT2D eigenvalue weighted by atomic mass is 10.2. The Balaban J connectivity index is 1.91. The average molecular weight is 271 g/mol. The van der Waals surface area contributed by atoms with Crippen molar-refractivity contribution in [1.82, 2.24) is 9.78 Å². The van der Waals surface area contributed by atoms with E-state index in [9.17, 15) is 0 Å². The summed E-state index contributed by atoms with van der Waals surface area (Å²) in [5, 5.41) is 5.26. The first-order valence-corrected chi connectivity index (χ1v) is 5.74. The van der Waals surface area contributed by atoms with Crippen molar-refractivity contribution in [3.8, 4) is 11.5 Å². The van der Waals surface area contributed by atoms with E-state index in [0.29, 0.717) is 28.1 Å². The Morgan fingerprint density at radius 1 is 1.29 bits per heavy atom. The standard InChI is InChI=1S/C11H8Cl2N2O2/c12-8-3-14-15(5-8)4-7-1-9(13)11-10(2-7)16-6-17-11/h1-3,5H,4,6H2. The number of nitrogens with zero attached hydrogens (tertiary/aromatic N) is 2. The maximum absolute atomic E-state index is 6.09. The molecule has 0 spiro atoms. The van der Waals surface area contributed by atoms with Gasteiger partial charge in [-0.15, -0.1) is 0 Å². The minimum absolute atomic E-state index is 0.214. The molecule has 0 bridgehead atoms. The normalized spacial score (nSPS) is 13.1. The van der Waals surface area contributed by atoms with Crippen molar-refractivity contribution in [1.29, 1.82) is 0 Å². The van der Waals surface area contributed by atoms with Gasteiger partial charge in [0.1, 0.15) is 0 Å². The van der Waals surface area contributed by atoms with Crippen LogP contribution in [0.1, 0.15) is 5.56 Å². The third kappa shape index (κ3) is 2.06. The van der Waals surface area contributed by atoms with Crippen LogP contribution in [-0.2, 0) is 6.54 Å². The molecule has 0 saturated heterocycles. The fraction of sp³-hybridized carbons (Fsp3) is 0.182. The lowest BCUT2D eigenvalue weighted by Gasteiger charge is -2.05. The quantitative estimate of drug-likeness (QED) is 0.842. The molecular formula is C11H8Cl2N2O2. The summed E-state index contributed by atoms with van der Waals surface area (Å²) < 4.78 is 12.3. The molecule has 88 valence electrons. The van der Waals surface area contributed by atoms with Crippen LogP contribution in [0.4, 0.5) is 0 Å². The Morgan fingerprint density at radius 3 is 2.94 bits per heavy atom. The van der Waals surface area contributed by atoms with Crippen LogP contribution < -0.4 is 9.47 Å². The number of hydrogen-bond acceptors (Lipinski definition) is 3. The van der Waals surface area contributed by atoms with Crippen LogP contribution in [-0.4, -0.2) is 16.6 Å². The number of rotatable bonds is 2. The van der Waals surface area contributed by atoms with Gasteiger partial charge in [0.05, 0.1) is 22.8 Å². The largest absolute Gasteiger partial charge is 0.454 e. The maximum Gasteiger partial charge on any atom is 0.231 e. The fourth-order valence-electron chi connectivity index (χ4n) is 1.72. The summed E-state index contributed by atoms with van der Waals surface area (Å²) in [7, 11) is 0. The number of benzene rings is 1. The van der Waals surface area contributed by atoms with Crippen molar-refractivity contribution in [2.24, 2.45) is 0 Å². The minimum atomic E-state index is 0.214. The van der Waals surface area contributed by atoms with Gasteiger partial charge < -0.3 is 9.47 Å². The van der Waals surface area contributed by atoms with Crippen LogP contribution in [0.2, 0.25) is 10.0 Å². The number of aromatic nitrogens is 2. The van der Waals surface area contributed by atoms with Crippen molar-refractivity contribution in [2.45, 2.75) is 6.54 Å². The van der Waals surface area contributed by atoms with Crippen LogP contribution in [0.25, 0.3) is 0 Å². The molecule has 1 aromatic carbocycles. The molecule has 0 N–H and O–H groups in total. The van der Waals surface area contributed by atoms with E-state index in [4.69, 9.17) is 32.7 Å². The van der Waals surface area contributed by atoms with Gasteiger partial charge in [-0.2, -0.15) is 5.10 Å². The van der Waals surface area contributed by atoms with Gasteiger partial charge in [0.15, 0.2) is 11.5 Å². The molecule has 4 nitrogen and oxygen atoms in total. The van der Waals surface area contributed by atoms with Crippen LogP contribution in [0.5, 0.6) is 11.5 Å². The van der Waals surface area contributed by atoms with E-state index in [1.165, 1.54) is 0 Å². The molecule has 0 fully saturated rings. The van der Waals surface area contributed by atoms with Crippen molar-refractivity contribution in [3.05, 3.63) is 40.1 Å². The van der Waals surface area contributed by atoms with Crippen LogP contribution >= 0.6 is 23.2 Å². The summed E-state index contributed by atoms with van der Waals surface area (Å²) in [6.07, 6.45) is 3.34. The zero-order valence-electron chi connectivity index (χ0n) is 8.69. The summed E-state index contributed by atoms with van der Waals surface area (Å²) in [5.74, 6) is 1.28. The van der Waals surface area contributed by atoms with Crippen molar-refractivity contribution in [3.63, 3.8) is 0 Å². The molecule has 17 heavy (non-hydrogen) atoms. The van der Waals surface area contributed by atoms with E-state index < -0.39 is 0 Å². The summed E-state index contributed by atoms with van der Waals surface area (Å²) in [6.45, 7) is 0.801. The van der Waals surface area contributed by atoms with Crippen molar-refractivity contribution in [2.75, 3.05) is 6.79 Å². The smallest absolute Gasteiger partial charge is 0.231 e. The molecule has 2 heterocycles. The SMILES string of the molecule is Clc1cnn(Cc2cc(Cl)c3c(c2)OCO3)c1. The predicted molar refractivity (Wildman–Crippen MR) is 63.9 cm³/mol. The van der Waals surface area contributed by atoms with Gasteiger partial charge in [-0.3, -0.25) is 4.68 Å². The number of fused-ring (bicyclic) bond motifs is 1. The molecule has 0 amide bonds. The van der Waals surface area contributed by atoms with Gasteiger partial charge in [-0.25, -0.2) is 0 Å². The number of hydrogen-bond donors (Lipinski definition) is 0. The third-order valence-corrected chi connectivity index (χ3v) is 2.91. The molecule has 3 rings (SSSR count). The van der Waals surface area contributed by atoms with E-state index in [1.807, 2.05) is 12.1 Å². The molecule has 1 aliphatic rings. The van der Waals surface area contributed by atoms with E-state index >= 15 is 0 Å². The second kappa shape index (κ2) is 4.13. The number of ether oxygens (including phenoxy) is 2. The Morgan fingerprint density at radius 2 is 2.18 bits per heavy atom. The highest BCUT2D eigenvalue weighted by Gasteiger charge is 2.18. The van der Waals surface area contributed by atoms with E-state index in [-0.39, 0.29) is 6.79 Å². The van der Waals surface area contributed by atoms with E-state index in [1.54, 1.807) is 17.1 Å². The van der Waals surface area contributed by atoms with Gasteiger partial charge in [0.2, 0.25) is 6.79 Å². The summed E-state index contributed by atoms with van der Waals surface area (Å²) >= 11 is 11.9. The highest BCUT2D eigenvalue weighted by Crippen LogP contribution is 2.39. The lowest BCUT2D eigenvalue weighted by molar-refractivity contribution is 0.174. The van der Waals surface area contributed by atoms with Gasteiger partial charge in [0.25, 0.3) is 0 Å². The third-order valence-electron chi connectivity index (χ3n) is 2.43. The van der Waals surface area contributed by atoms with Crippen molar-refractivity contribution >= 4 is 23.2 Å². The summed E-state index contributed by atoms with van der Waals surface area (Å²) in [6, 6.07) is 3.73. The molecule has 1 aromatic heterocycles. The molecule has 1 aliphatic heterocycles. The fourth-order valence-corrected chi connectivity index (χ4v) is 2.17. The van der Waals surface area contributed by atoms with Crippen LogP contribution in [0, 0.1) is 0 Å². The molecule has 0 aliphatic carbocycles. The summed E-state index contributed by atoms with van der Waals surface area (Å²) in [4.78, 5) is 0. The first kappa shape index (κ1) is 10.7. The molecule has 0 radical (unpaired) electrons. The second-order valence-corrected chi connectivity index (χ2v) is 4.51. The molecule has 0 unspecified atom stereocenters. The monoisotopic (exact) mass is 270 g/mol. The van der Waals surface area contributed by atoms with Gasteiger partial charge >= 0.3 is 0 Å². The molecule has 0 atom stereocenters. The topological polar surface area (TPSA) is 36.3 Å². The Bertz CT molecular complexity index is 569. The van der Waals surface area contributed by atoms with Gasteiger partial charge in [-0.05, 0) is 17.7 Å². The first-order valence-electron chi connectivity index (χ1n) is 4.98. The Hall–Kier alpha value is -1.39. The van der Waals surface area contributed by atoms with Crippen LogP contribution in [0.15, 0.2) is 24.5 Å². The zero-order valence-corrected chi connectivity index (χ0v) is 10.2. The average Bonchev–Trinajstić information content (AvgIpc) is 2.87. The number of halogens is 2. The predicted octanol–water partition coefficient (Wildman–Crippen LogP) is 2.97. The molecule has 6 heteroatoms. The molecular weight excluding hydrogens is 263 g/mol. The minimum Gasteiger partial charge on any atom is -0.454 e. The highest BCUT2D eigenvalue weighted by molar-refractivity contribution is 6.32. The molecule has 0 saturated carbocycles. The van der Waals surface area contributed by atoms with Crippen molar-refractivity contribution < 1.29 is 9.47 Å².